The molecule has 1 aromatic heterocycles. The maximum atomic E-state index is 13.6. The third kappa shape index (κ3) is 2.95. The van der Waals surface area contributed by atoms with E-state index in [0.717, 1.165) is 25.6 Å². The molecule has 8 heteroatoms. The minimum atomic E-state index is -4.43. The number of aromatic nitrogens is 2. The lowest BCUT2D eigenvalue weighted by atomic mass is 10.1. The van der Waals surface area contributed by atoms with Gasteiger partial charge in [-0.25, -0.2) is 9.78 Å². The number of ether oxygens (including phenoxy) is 1. The lowest BCUT2D eigenvalue weighted by Crippen LogP contribution is -2.16. The second kappa shape index (κ2) is 5.78. The summed E-state index contributed by atoms with van der Waals surface area (Å²) in [7, 11) is 1.10. The van der Waals surface area contributed by atoms with Crippen molar-refractivity contribution in [3.8, 4) is 0 Å². The molecule has 0 aliphatic heterocycles. The highest BCUT2D eigenvalue weighted by Gasteiger charge is 2.30. The molecule has 0 saturated carbocycles. The largest absolute Gasteiger partial charge is 0.464 e. The molecule has 0 amide bonds. The van der Waals surface area contributed by atoms with Crippen LogP contribution in [0.25, 0.3) is 0 Å². The molecule has 0 saturated heterocycles. The molecule has 1 heterocycles. The molecule has 118 valence electrons. The average molecular weight is 316 g/mol. The van der Waals surface area contributed by atoms with Gasteiger partial charge in [-0.1, -0.05) is 12.1 Å². The van der Waals surface area contributed by atoms with Crippen LogP contribution in [0.1, 0.15) is 34.6 Å². The monoisotopic (exact) mass is 316 g/mol. The van der Waals surface area contributed by atoms with Gasteiger partial charge in [0.1, 0.15) is 0 Å². The van der Waals surface area contributed by atoms with E-state index < -0.39 is 29.7 Å². The molecule has 0 aliphatic rings. The third-order valence-corrected chi connectivity index (χ3v) is 3.27. The zero-order chi connectivity index (χ0) is 16.5. The second-order valence-electron chi connectivity index (χ2n) is 4.58. The van der Waals surface area contributed by atoms with Crippen molar-refractivity contribution in [2.75, 3.05) is 7.11 Å². The minimum absolute atomic E-state index is 0.380. The fraction of sp³-hybridized carbons (Fsp3) is 0.286. The first-order valence-corrected chi connectivity index (χ1v) is 6.23. The van der Waals surface area contributed by atoms with Crippen LogP contribution < -0.4 is 0 Å². The van der Waals surface area contributed by atoms with Gasteiger partial charge >= 0.3 is 12.1 Å². The van der Waals surface area contributed by atoms with Crippen LogP contribution in [0, 0.1) is 5.95 Å². The zero-order valence-corrected chi connectivity index (χ0v) is 11.7. The van der Waals surface area contributed by atoms with E-state index in [4.69, 9.17) is 0 Å². The first-order valence-electron chi connectivity index (χ1n) is 6.23. The van der Waals surface area contributed by atoms with Gasteiger partial charge in [0.2, 0.25) is 5.95 Å². The summed E-state index contributed by atoms with van der Waals surface area (Å²) in [6.45, 7) is 1.61. The van der Waals surface area contributed by atoms with Gasteiger partial charge in [-0.2, -0.15) is 17.6 Å². The Hall–Kier alpha value is -2.38. The van der Waals surface area contributed by atoms with Crippen molar-refractivity contribution in [3.63, 3.8) is 0 Å². The Morgan fingerprint density at radius 1 is 1.27 bits per heavy atom. The molecule has 2 aromatic rings. The highest BCUT2D eigenvalue weighted by atomic mass is 19.4. The summed E-state index contributed by atoms with van der Waals surface area (Å²) < 4.78 is 56.9. The average Bonchev–Trinajstić information content (AvgIpc) is 2.86. The topological polar surface area (TPSA) is 44.1 Å². The van der Waals surface area contributed by atoms with Gasteiger partial charge in [-0.15, -0.1) is 0 Å². The molecule has 4 nitrogen and oxygen atoms in total. The number of benzene rings is 1. The number of imidazole rings is 1. The van der Waals surface area contributed by atoms with Crippen molar-refractivity contribution in [3.05, 3.63) is 53.4 Å². The predicted molar refractivity (Wildman–Crippen MR) is 68.8 cm³/mol. The summed E-state index contributed by atoms with van der Waals surface area (Å²) in [6.07, 6.45) is -3.33. The molecule has 0 unspecified atom stereocenters. The van der Waals surface area contributed by atoms with Crippen LogP contribution in [-0.4, -0.2) is 22.6 Å². The molecule has 0 radical (unpaired) electrons. The standard InChI is InChI=1S/C14H12F4N2O2/c1-8(9-3-5-10(6-4-9)14(16,17)18)20-7-19-12(15)11(20)13(21)22-2/h3-8H,1-2H3/t8-/m1/s1. The number of rotatable bonds is 3. The SMILES string of the molecule is COC(=O)c1c(F)ncn1[C@H](C)c1ccc(C(F)(F)F)cc1. The Bertz CT molecular complexity index is 677. The van der Waals surface area contributed by atoms with Gasteiger partial charge in [-0.3, -0.25) is 0 Å². The second-order valence-corrected chi connectivity index (χ2v) is 4.58. The van der Waals surface area contributed by atoms with Crippen LogP contribution in [0.15, 0.2) is 30.6 Å². The fourth-order valence-corrected chi connectivity index (χ4v) is 2.03. The van der Waals surface area contributed by atoms with Crippen LogP contribution in [-0.2, 0) is 10.9 Å². The zero-order valence-electron chi connectivity index (χ0n) is 11.7. The summed E-state index contributed by atoms with van der Waals surface area (Å²) in [6, 6.07) is 3.81. The summed E-state index contributed by atoms with van der Waals surface area (Å²) >= 11 is 0. The maximum Gasteiger partial charge on any atom is 0.416 e. The normalized spacial score (nSPS) is 13.0. The maximum absolute atomic E-state index is 13.6. The number of hydrogen-bond donors (Lipinski definition) is 0. The van der Waals surface area contributed by atoms with E-state index in [-0.39, 0.29) is 5.69 Å². The number of esters is 1. The van der Waals surface area contributed by atoms with Crippen molar-refractivity contribution in [1.29, 1.82) is 0 Å². The molecule has 1 atom stereocenters. The van der Waals surface area contributed by atoms with Crippen LogP contribution in [0.2, 0.25) is 0 Å². The fourth-order valence-electron chi connectivity index (χ4n) is 2.03. The number of methoxy groups -OCH3 is 1. The molecule has 0 N–H and O–H groups in total. The van der Waals surface area contributed by atoms with E-state index in [2.05, 4.69) is 9.72 Å². The highest BCUT2D eigenvalue weighted by Crippen LogP contribution is 2.30. The minimum Gasteiger partial charge on any atom is -0.464 e. The molecule has 0 bridgehead atoms. The summed E-state index contributed by atoms with van der Waals surface area (Å²) in [5.41, 5.74) is -0.695. The Kier molecular flexibility index (Phi) is 4.20. The Morgan fingerprint density at radius 2 is 1.86 bits per heavy atom. The number of hydrogen-bond acceptors (Lipinski definition) is 3. The molecule has 0 fully saturated rings. The van der Waals surface area contributed by atoms with Crippen molar-refractivity contribution >= 4 is 5.97 Å². The quantitative estimate of drug-likeness (QED) is 0.643. The van der Waals surface area contributed by atoms with Gasteiger partial charge in [0.05, 0.1) is 25.0 Å². The molecule has 22 heavy (non-hydrogen) atoms. The smallest absolute Gasteiger partial charge is 0.416 e. The van der Waals surface area contributed by atoms with E-state index in [0.29, 0.717) is 5.56 Å². The predicted octanol–water partition coefficient (Wildman–Crippen LogP) is 3.44. The van der Waals surface area contributed by atoms with Crippen molar-refractivity contribution in [2.24, 2.45) is 0 Å². The van der Waals surface area contributed by atoms with Crippen LogP contribution in [0.5, 0.6) is 0 Å². The van der Waals surface area contributed by atoms with E-state index >= 15 is 0 Å². The lowest BCUT2D eigenvalue weighted by Gasteiger charge is -2.17. The first-order chi connectivity index (χ1) is 10.3. The van der Waals surface area contributed by atoms with Gasteiger partial charge in [0.25, 0.3) is 0 Å². The van der Waals surface area contributed by atoms with Crippen LogP contribution >= 0.6 is 0 Å². The van der Waals surface area contributed by atoms with Crippen LogP contribution in [0.3, 0.4) is 0 Å². The number of carbonyl (C=O) groups is 1. The van der Waals surface area contributed by atoms with E-state index in [1.807, 2.05) is 0 Å². The van der Waals surface area contributed by atoms with Crippen molar-refractivity contribution < 1.29 is 27.1 Å². The number of carbonyl (C=O) groups excluding carboxylic acids is 1. The van der Waals surface area contributed by atoms with Crippen LogP contribution in [0.4, 0.5) is 17.6 Å². The van der Waals surface area contributed by atoms with E-state index in [1.54, 1.807) is 6.92 Å². The third-order valence-electron chi connectivity index (χ3n) is 3.27. The molecule has 2 rings (SSSR count). The van der Waals surface area contributed by atoms with E-state index in [9.17, 15) is 22.4 Å². The molecular weight excluding hydrogens is 304 g/mol. The van der Waals surface area contributed by atoms with Gasteiger partial charge in [0, 0.05) is 0 Å². The van der Waals surface area contributed by atoms with Gasteiger partial charge in [0.15, 0.2) is 5.69 Å². The number of halogens is 4. The molecule has 1 aromatic carbocycles. The highest BCUT2D eigenvalue weighted by molar-refractivity contribution is 5.87. The number of nitrogens with zero attached hydrogens (tertiary/aromatic N) is 2. The number of alkyl halides is 3. The Morgan fingerprint density at radius 3 is 2.36 bits per heavy atom. The Labute approximate surface area is 123 Å². The summed E-state index contributed by atoms with van der Waals surface area (Å²) in [5.74, 6) is -1.90. The Balaban J connectivity index is 2.37. The molecule has 0 aliphatic carbocycles. The lowest BCUT2D eigenvalue weighted by molar-refractivity contribution is -0.137. The van der Waals surface area contributed by atoms with Gasteiger partial charge < -0.3 is 9.30 Å². The first kappa shape index (κ1) is 16.0. The van der Waals surface area contributed by atoms with Crippen molar-refractivity contribution in [2.45, 2.75) is 19.1 Å². The summed E-state index contributed by atoms with van der Waals surface area (Å²) in [5, 5.41) is 0. The molecular formula is C14H12F4N2O2. The van der Waals surface area contributed by atoms with Crippen molar-refractivity contribution in [1.82, 2.24) is 9.55 Å². The molecule has 0 spiro atoms. The van der Waals surface area contributed by atoms with E-state index in [1.165, 1.54) is 16.7 Å². The summed E-state index contributed by atoms with van der Waals surface area (Å²) in [4.78, 5) is 15.0. The van der Waals surface area contributed by atoms with Gasteiger partial charge in [-0.05, 0) is 24.6 Å².